The molecule has 0 radical (unpaired) electrons. The molecule has 0 saturated heterocycles. The molecular weight excluding hydrogens is 401 g/mol. The highest BCUT2D eigenvalue weighted by molar-refractivity contribution is 5.73. The molecule has 10 heteroatoms. The van der Waals surface area contributed by atoms with Gasteiger partial charge in [0.15, 0.2) is 5.75 Å². The second-order valence-electron chi connectivity index (χ2n) is 6.49. The van der Waals surface area contributed by atoms with Crippen LogP contribution >= 0.6 is 0 Å². The summed E-state index contributed by atoms with van der Waals surface area (Å²) in [5.41, 5.74) is 0.567. The van der Waals surface area contributed by atoms with Crippen LogP contribution in [0.5, 0.6) is 11.5 Å². The number of nitro benzene ring substituents is 1. The van der Waals surface area contributed by atoms with Crippen LogP contribution in [0.1, 0.15) is 11.1 Å². The zero-order valence-electron chi connectivity index (χ0n) is 15.4. The maximum atomic E-state index is 12.9. The summed E-state index contributed by atoms with van der Waals surface area (Å²) in [7, 11) is 0. The summed E-state index contributed by atoms with van der Waals surface area (Å²) in [5.74, 6) is -0.168. The number of hydrogen-bond acceptors (Lipinski definition) is 5. The summed E-state index contributed by atoms with van der Waals surface area (Å²) in [6.07, 6.45) is -4.71. The van der Waals surface area contributed by atoms with Gasteiger partial charge in [0.05, 0.1) is 10.5 Å². The van der Waals surface area contributed by atoms with Crippen LogP contribution in [-0.4, -0.2) is 19.9 Å². The van der Waals surface area contributed by atoms with Crippen molar-refractivity contribution in [1.82, 2.24) is 15.0 Å². The molecule has 0 atom stereocenters. The van der Waals surface area contributed by atoms with Gasteiger partial charge in [0.25, 0.3) is 0 Å². The number of hydrogen-bond donors (Lipinski definition) is 0. The maximum absolute atomic E-state index is 12.9. The first-order valence-corrected chi connectivity index (χ1v) is 8.69. The molecule has 0 fully saturated rings. The number of halogens is 3. The molecule has 3 aromatic carbocycles. The third-order valence-corrected chi connectivity index (χ3v) is 4.32. The number of nitrogens with zero attached hydrogens (tertiary/aromatic N) is 4. The molecule has 7 nitrogen and oxygen atoms in total. The van der Waals surface area contributed by atoms with Crippen molar-refractivity contribution in [3.05, 3.63) is 81.9 Å². The summed E-state index contributed by atoms with van der Waals surface area (Å²) in [6, 6.07) is 14.2. The summed E-state index contributed by atoms with van der Waals surface area (Å²) in [4.78, 5) is 11.8. The van der Waals surface area contributed by atoms with Gasteiger partial charge in [-0.3, -0.25) is 10.1 Å². The van der Waals surface area contributed by atoms with Crippen LogP contribution in [0.3, 0.4) is 0 Å². The van der Waals surface area contributed by atoms with E-state index in [-0.39, 0.29) is 11.5 Å². The largest absolute Gasteiger partial charge is 0.448 e. The molecule has 152 valence electrons. The van der Waals surface area contributed by atoms with Gasteiger partial charge in [0.2, 0.25) is 5.75 Å². The minimum Gasteiger partial charge on any atom is -0.448 e. The summed E-state index contributed by atoms with van der Waals surface area (Å²) in [5, 5.41) is 20.1. The van der Waals surface area contributed by atoms with E-state index in [0.717, 1.165) is 17.7 Å². The molecule has 30 heavy (non-hydrogen) atoms. The predicted octanol–water partition coefficient (Wildman–Crippen LogP) is 5.45. The third-order valence-electron chi connectivity index (χ3n) is 4.32. The van der Waals surface area contributed by atoms with Crippen LogP contribution < -0.4 is 4.74 Å². The summed E-state index contributed by atoms with van der Waals surface area (Å²) < 4.78 is 44.5. The lowest BCUT2D eigenvalue weighted by atomic mass is 10.1. The lowest BCUT2D eigenvalue weighted by Gasteiger charge is -2.13. The minimum atomic E-state index is -4.71. The first kappa shape index (κ1) is 19.4. The van der Waals surface area contributed by atoms with E-state index in [2.05, 4.69) is 10.2 Å². The topological polar surface area (TPSA) is 83.1 Å². The van der Waals surface area contributed by atoms with E-state index in [4.69, 9.17) is 4.74 Å². The van der Waals surface area contributed by atoms with Crippen LogP contribution in [0.4, 0.5) is 18.9 Å². The highest BCUT2D eigenvalue weighted by atomic mass is 19.4. The fraction of sp³-hybridized carbons (Fsp3) is 0.100. The normalized spacial score (nSPS) is 11.6. The average Bonchev–Trinajstić information content (AvgIpc) is 3.12. The third kappa shape index (κ3) is 3.66. The lowest BCUT2D eigenvalue weighted by Crippen LogP contribution is -2.06. The van der Waals surface area contributed by atoms with Crippen molar-refractivity contribution in [1.29, 1.82) is 0 Å². The second-order valence-corrected chi connectivity index (χ2v) is 6.49. The van der Waals surface area contributed by atoms with Crippen molar-refractivity contribution in [2.24, 2.45) is 0 Å². The molecule has 1 heterocycles. The Kier molecular flexibility index (Phi) is 4.61. The molecule has 0 spiro atoms. The van der Waals surface area contributed by atoms with E-state index in [9.17, 15) is 23.3 Å². The van der Waals surface area contributed by atoms with Crippen molar-refractivity contribution < 1.29 is 22.8 Å². The molecule has 0 aliphatic rings. The Morgan fingerprint density at radius 1 is 0.967 bits per heavy atom. The van der Waals surface area contributed by atoms with E-state index in [1.54, 1.807) is 42.5 Å². The molecular formula is C20H13F3N4O3. The van der Waals surface area contributed by atoms with Crippen LogP contribution in [-0.2, 0) is 6.18 Å². The smallest absolute Gasteiger partial charge is 0.416 e. The molecule has 0 bridgehead atoms. The molecule has 0 aliphatic heterocycles. The van der Waals surface area contributed by atoms with Gasteiger partial charge in [0, 0.05) is 6.07 Å². The van der Waals surface area contributed by atoms with E-state index in [1.165, 1.54) is 4.80 Å². The quantitative estimate of drug-likeness (QED) is 0.328. The first-order valence-electron chi connectivity index (χ1n) is 8.69. The Labute approximate surface area is 167 Å². The Morgan fingerprint density at radius 3 is 2.20 bits per heavy atom. The van der Waals surface area contributed by atoms with Crippen molar-refractivity contribution in [3.8, 4) is 17.2 Å². The highest BCUT2D eigenvalue weighted by Gasteiger charge is 2.33. The molecule has 1 aromatic heterocycles. The first-order chi connectivity index (χ1) is 14.2. The Balaban J connectivity index is 1.80. The van der Waals surface area contributed by atoms with Gasteiger partial charge < -0.3 is 4.74 Å². The standard InChI is InChI=1S/C20H13F3N4O3/c1-12-6-8-18(16(10-12)26-24-14-4-2-3-5-15(14)25-26)30-19-9-7-13(20(21,22)23)11-17(19)27(28)29/h2-11H,1H3. The van der Waals surface area contributed by atoms with Crippen LogP contribution in [0.15, 0.2) is 60.7 Å². The van der Waals surface area contributed by atoms with Crippen LogP contribution in [0.2, 0.25) is 0 Å². The number of benzene rings is 3. The SMILES string of the molecule is Cc1ccc(Oc2ccc(C(F)(F)F)cc2[N+](=O)[O-])c(-n2nc3ccccc3n2)c1. The Morgan fingerprint density at radius 2 is 1.60 bits per heavy atom. The fourth-order valence-electron chi connectivity index (χ4n) is 2.88. The molecule has 4 aromatic rings. The molecule has 0 saturated carbocycles. The van der Waals surface area contributed by atoms with Gasteiger partial charge in [-0.2, -0.15) is 13.2 Å². The van der Waals surface area contributed by atoms with Gasteiger partial charge in [-0.25, -0.2) is 0 Å². The monoisotopic (exact) mass is 414 g/mol. The predicted molar refractivity (Wildman–Crippen MR) is 102 cm³/mol. The second kappa shape index (κ2) is 7.14. The number of rotatable bonds is 4. The van der Waals surface area contributed by atoms with Gasteiger partial charge >= 0.3 is 11.9 Å². The number of aromatic nitrogens is 3. The van der Waals surface area contributed by atoms with Crippen LogP contribution in [0, 0.1) is 17.0 Å². The van der Waals surface area contributed by atoms with Crippen molar-refractivity contribution in [3.63, 3.8) is 0 Å². The molecule has 0 aliphatic carbocycles. The zero-order valence-corrected chi connectivity index (χ0v) is 15.4. The number of aryl methyl sites for hydroxylation is 1. The van der Waals surface area contributed by atoms with Gasteiger partial charge in [0.1, 0.15) is 16.7 Å². The van der Waals surface area contributed by atoms with Gasteiger partial charge in [-0.05, 0) is 48.9 Å². The van der Waals surface area contributed by atoms with Crippen molar-refractivity contribution in [2.75, 3.05) is 0 Å². The number of fused-ring (bicyclic) bond motifs is 1. The summed E-state index contributed by atoms with van der Waals surface area (Å²) in [6.45, 7) is 1.83. The Hall–Kier alpha value is -3.95. The van der Waals surface area contributed by atoms with Gasteiger partial charge in [-0.1, -0.05) is 18.2 Å². The summed E-state index contributed by atoms with van der Waals surface area (Å²) >= 11 is 0. The van der Waals surface area contributed by atoms with E-state index >= 15 is 0 Å². The Bertz CT molecular complexity index is 1230. The zero-order chi connectivity index (χ0) is 21.5. The van der Waals surface area contributed by atoms with Crippen molar-refractivity contribution in [2.45, 2.75) is 13.1 Å². The molecule has 4 rings (SSSR count). The van der Waals surface area contributed by atoms with E-state index in [1.807, 2.05) is 6.92 Å². The average molecular weight is 414 g/mol. The number of nitro groups is 1. The fourth-order valence-corrected chi connectivity index (χ4v) is 2.88. The van der Waals surface area contributed by atoms with E-state index < -0.39 is 22.4 Å². The van der Waals surface area contributed by atoms with Gasteiger partial charge in [-0.15, -0.1) is 15.0 Å². The van der Waals surface area contributed by atoms with Crippen LogP contribution in [0.25, 0.3) is 16.7 Å². The molecule has 0 unspecified atom stereocenters. The van der Waals surface area contributed by atoms with Crippen molar-refractivity contribution >= 4 is 16.7 Å². The highest BCUT2D eigenvalue weighted by Crippen LogP contribution is 2.39. The minimum absolute atomic E-state index is 0.156. The molecule has 0 amide bonds. The number of alkyl halides is 3. The van der Waals surface area contributed by atoms with E-state index in [0.29, 0.717) is 22.8 Å². The lowest BCUT2D eigenvalue weighted by molar-refractivity contribution is -0.385. The number of ether oxygens (including phenoxy) is 1. The molecule has 0 N–H and O–H groups in total. The maximum Gasteiger partial charge on any atom is 0.416 e.